The van der Waals surface area contributed by atoms with Gasteiger partial charge in [-0.15, -0.1) is 0 Å². The molecule has 4 nitrogen and oxygen atoms in total. The van der Waals surface area contributed by atoms with Crippen molar-refractivity contribution in [1.29, 1.82) is 0 Å². The fraction of sp³-hybridized carbons (Fsp3) is 0.500. The summed E-state index contributed by atoms with van der Waals surface area (Å²) in [5.74, 6) is 2.29. The molecule has 4 heteroatoms. The Morgan fingerprint density at radius 2 is 1.96 bits per heavy atom. The summed E-state index contributed by atoms with van der Waals surface area (Å²) in [5, 5.41) is 0. The van der Waals surface area contributed by atoms with Crippen LogP contribution in [-0.4, -0.2) is 36.6 Å². The number of piperidine rings is 1. The molecule has 140 valence electrons. The molecule has 1 aliphatic rings. The predicted octanol–water partition coefficient (Wildman–Crippen LogP) is 4.18. The first-order valence-electron chi connectivity index (χ1n) is 9.75. The van der Waals surface area contributed by atoms with E-state index in [2.05, 4.69) is 35.9 Å². The minimum atomic E-state index is 0.533. The molecular formula is C22H31N3O. The SMILES string of the molecule is CCc1cc(-c2cccc(N)n2)c(OC)cc1CCN1CCC(C)CC1. The lowest BCUT2D eigenvalue weighted by Crippen LogP contribution is -2.34. The van der Waals surface area contributed by atoms with Crippen molar-refractivity contribution < 1.29 is 4.74 Å². The summed E-state index contributed by atoms with van der Waals surface area (Å²) >= 11 is 0. The third kappa shape index (κ3) is 4.36. The standard InChI is InChI=1S/C22H31N3O/c1-4-17-14-19(20-6-5-7-22(23)24-20)21(26-3)15-18(17)10-13-25-11-8-16(2)9-12-25/h5-7,14-16H,4,8-13H2,1-3H3,(H2,23,24). The number of nitrogens with two attached hydrogens (primary N) is 1. The van der Waals surface area contributed by atoms with E-state index in [1.165, 1.54) is 37.1 Å². The highest BCUT2D eigenvalue weighted by Crippen LogP contribution is 2.33. The Morgan fingerprint density at radius 3 is 2.62 bits per heavy atom. The van der Waals surface area contributed by atoms with Crippen LogP contribution in [0.15, 0.2) is 30.3 Å². The first kappa shape index (κ1) is 18.7. The van der Waals surface area contributed by atoms with Gasteiger partial charge in [0.2, 0.25) is 0 Å². The fourth-order valence-electron chi connectivity index (χ4n) is 3.76. The van der Waals surface area contributed by atoms with Crippen LogP contribution in [-0.2, 0) is 12.8 Å². The average molecular weight is 354 g/mol. The Kier molecular flexibility index (Phi) is 6.15. The molecule has 0 bridgehead atoms. The van der Waals surface area contributed by atoms with Crippen LogP contribution in [0.5, 0.6) is 5.75 Å². The van der Waals surface area contributed by atoms with Crippen molar-refractivity contribution in [2.75, 3.05) is 32.5 Å². The zero-order chi connectivity index (χ0) is 18.5. The summed E-state index contributed by atoms with van der Waals surface area (Å²) in [6, 6.07) is 10.2. The maximum absolute atomic E-state index is 5.87. The highest BCUT2D eigenvalue weighted by Gasteiger charge is 2.17. The van der Waals surface area contributed by atoms with E-state index in [9.17, 15) is 0 Å². The number of aromatic nitrogens is 1. The zero-order valence-electron chi connectivity index (χ0n) is 16.3. The first-order valence-corrected chi connectivity index (χ1v) is 9.75. The maximum atomic E-state index is 5.87. The second-order valence-corrected chi connectivity index (χ2v) is 7.40. The fourth-order valence-corrected chi connectivity index (χ4v) is 3.76. The van der Waals surface area contributed by atoms with Crippen LogP contribution in [0.4, 0.5) is 5.82 Å². The molecule has 0 spiro atoms. The number of likely N-dealkylation sites (tertiary alicyclic amines) is 1. The van der Waals surface area contributed by atoms with E-state index >= 15 is 0 Å². The molecule has 26 heavy (non-hydrogen) atoms. The van der Waals surface area contributed by atoms with Crippen molar-refractivity contribution in [3.05, 3.63) is 41.5 Å². The molecule has 2 aromatic rings. The van der Waals surface area contributed by atoms with Crippen molar-refractivity contribution in [1.82, 2.24) is 9.88 Å². The minimum Gasteiger partial charge on any atom is -0.496 e. The van der Waals surface area contributed by atoms with Crippen LogP contribution >= 0.6 is 0 Å². The van der Waals surface area contributed by atoms with Crippen molar-refractivity contribution in [2.24, 2.45) is 5.92 Å². The van der Waals surface area contributed by atoms with Gasteiger partial charge in [-0.3, -0.25) is 0 Å². The van der Waals surface area contributed by atoms with Crippen molar-refractivity contribution >= 4 is 5.82 Å². The molecule has 0 aliphatic carbocycles. The Labute approximate surface area is 157 Å². The van der Waals surface area contributed by atoms with Gasteiger partial charge in [0.25, 0.3) is 0 Å². The molecule has 0 radical (unpaired) electrons. The van der Waals surface area contributed by atoms with E-state index in [0.29, 0.717) is 5.82 Å². The Morgan fingerprint density at radius 1 is 1.19 bits per heavy atom. The van der Waals surface area contributed by atoms with Gasteiger partial charge in [0.05, 0.1) is 12.8 Å². The lowest BCUT2D eigenvalue weighted by molar-refractivity contribution is 0.194. The lowest BCUT2D eigenvalue weighted by atomic mass is 9.95. The third-order valence-corrected chi connectivity index (χ3v) is 5.52. The first-order chi connectivity index (χ1) is 12.6. The second-order valence-electron chi connectivity index (χ2n) is 7.40. The van der Waals surface area contributed by atoms with Gasteiger partial charge < -0.3 is 15.4 Å². The number of anilines is 1. The number of hydrogen-bond acceptors (Lipinski definition) is 4. The molecule has 0 saturated carbocycles. The zero-order valence-corrected chi connectivity index (χ0v) is 16.3. The normalized spacial score (nSPS) is 16.0. The van der Waals surface area contributed by atoms with Gasteiger partial charge >= 0.3 is 0 Å². The number of nitrogens with zero attached hydrogens (tertiary/aromatic N) is 2. The molecule has 2 heterocycles. The van der Waals surface area contributed by atoms with E-state index in [-0.39, 0.29) is 0 Å². The molecular weight excluding hydrogens is 322 g/mol. The minimum absolute atomic E-state index is 0.533. The van der Waals surface area contributed by atoms with Gasteiger partial charge in [0, 0.05) is 12.1 Å². The topological polar surface area (TPSA) is 51.4 Å². The van der Waals surface area contributed by atoms with E-state index in [0.717, 1.165) is 42.3 Å². The molecule has 1 aromatic heterocycles. The Hall–Kier alpha value is -2.07. The molecule has 0 atom stereocenters. The molecule has 1 fully saturated rings. The number of nitrogen functional groups attached to an aromatic ring is 1. The molecule has 1 aromatic carbocycles. The van der Waals surface area contributed by atoms with Crippen molar-refractivity contribution in [3.63, 3.8) is 0 Å². The third-order valence-electron chi connectivity index (χ3n) is 5.52. The monoisotopic (exact) mass is 353 g/mol. The summed E-state index contributed by atoms with van der Waals surface area (Å²) in [6.07, 6.45) is 4.72. The van der Waals surface area contributed by atoms with Crippen molar-refractivity contribution in [2.45, 2.75) is 39.5 Å². The quantitative estimate of drug-likeness (QED) is 0.846. The number of pyridine rings is 1. The summed E-state index contributed by atoms with van der Waals surface area (Å²) in [7, 11) is 1.73. The highest BCUT2D eigenvalue weighted by atomic mass is 16.5. The van der Waals surface area contributed by atoms with E-state index in [1.807, 2.05) is 18.2 Å². The van der Waals surface area contributed by atoms with Crippen LogP contribution in [0.1, 0.15) is 37.8 Å². The maximum Gasteiger partial charge on any atom is 0.128 e. The summed E-state index contributed by atoms with van der Waals surface area (Å²) in [4.78, 5) is 7.07. The number of hydrogen-bond donors (Lipinski definition) is 1. The summed E-state index contributed by atoms with van der Waals surface area (Å²) < 4.78 is 5.69. The predicted molar refractivity (Wildman–Crippen MR) is 109 cm³/mol. The van der Waals surface area contributed by atoms with Crippen LogP contribution in [0.3, 0.4) is 0 Å². The highest BCUT2D eigenvalue weighted by molar-refractivity contribution is 5.70. The number of benzene rings is 1. The Bertz CT molecular complexity index is 736. The number of methoxy groups -OCH3 is 1. The number of rotatable bonds is 6. The second kappa shape index (κ2) is 8.54. The lowest BCUT2D eigenvalue weighted by Gasteiger charge is -2.30. The Balaban J connectivity index is 1.82. The number of ether oxygens (including phenoxy) is 1. The summed E-state index contributed by atoms with van der Waals surface area (Å²) in [5.41, 5.74) is 10.5. The molecule has 0 amide bonds. The van der Waals surface area contributed by atoms with Gasteiger partial charge in [-0.1, -0.05) is 19.9 Å². The molecule has 0 unspecified atom stereocenters. The largest absolute Gasteiger partial charge is 0.496 e. The van der Waals surface area contributed by atoms with Crippen LogP contribution < -0.4 is 10.5 Å². The van der Waals surface area contributed by atoms with Crippen LogP contribution in [0.2, 0.25) is 0 Å². The van der Waals surface area contributed by atoms with E-state index < -0.39 is 0 Å². The van der Waals surface area contributed by atoms with Gasteiger partial charge in [-0.05, 0) is 80.1 Å². The average Bonchev–Trinajstić information content (AvgIpc) is 2.66. The van der Waals surface area contributed by atoms with Gasteiger partial charge in [0.15, 0.2) is 0 Å². The number of aryl methyl sites for hydroxylation is 1. The molecule has 3 rings (SSSR count). The molecule has 1 aliphatic heterocycles. The van der Waals surface area contributed by atoms with Crippen LogP contribution in [0.25, 0.3) is 11.3 Å². The van der Waals surface area contributed by atoms with Crippen LogP contribution in [0, 0.1) is 5.92 Å². The van der Waals surface area contributed by atoms with Gasteiger partial charge in [-0.25, -0.2) is 4.98 Å². The van der Waals surface area contributed by atoms with E-state index in [1.54, 1.807) is 7.11 Å². The molecule has 2 N–H and O–H groups in total. The summed E-state index contributed by atoms with van der Waals surface area (Å²) in [6.45, 7) is 8.15. The van der Waals surface area contributed by atoms with Gasteiger partial charge in [0.1, 0.15) is 11.6 Å². The smallest absolute Gasteiger partial charge is 0.128 e. The van der Waals surface area contributed by atoms with E-state index in [4.69, 9.17) is 10.5 Å². The van der Waals surface area contributed by atoms with Crippen molar-refractivity contribution in [3.8, 4) is 17.0 Å². The molecule has 1 saturated heterocycles. The van der Waals surface area contributed by atoms with Gasteiger partial charge in [-0.2, -0.15) is 0 Å².